The first-order valence-electron chi connectivity index (χ1n) is 11.3. The van der Waals surface area contributed by atoms with Gasteiger partial charge in [-0.05, 0) is 30.9 Å². The minimum atomic E-state index is -0.459. The Morgan fingerprint density at radius 1 is 1.26 bits per heavy atom. The van der Waals surface area contributed by atoms with E-state index in [1.54, 1.807) is 7.11 Å². The summed E-state index contributed by atoms with van der Waals surface area (Å²) in [5, 5.41) is 14.0. The maximum absolute atomic E-state index is 10.6. The van der Waals surface area contributed by atoms with Crippen LogP contribution in [0.4, 0.5) is 0 Å². The number of rotatable bonds is 10. The van der Waals surface area contributed by atoms with E-state index in [0.717, 1.165) is 58.1 Å². The number of hydrogen-bond acceptors (Lipinski definition) is 5. The highest BCUT2D eigenvalue weighted by Crippen LogP contribution is 2.19. The van der Waals surface area contributed by atoms with Gasteiger partial charge in [-0.1, -0.05) is 24.3 Å². The number of aliphatic imine (C=N–C) groups is 1. The lowest BCUT2D eigenvalue weighted by molar-refractivity contribution is 0.0536. The largest absolute Gasteiger partial charge is 0.390 e. The molecule has 2 aliphatic rings. The molecule has 176 valence electrons. The summed E-state index contributed by atoms with van der Waals surface area (Å²) in [7, 11) is 1.69. The maximum Gasteiger partial charge on any atom is 0.194 e. The van der Waals surface area contributed by atoms with Gasteiger partial charge in [0.05, 0.1) is 32.5 Å². The summed E-state index contributed by atoms with van der Waals surface area (Å²) in [5.74, 6) is 1.42. The molecule has 0 bridgehead atoms. The Bertz CT molecular complexity index is 676. The number of methoxy groups -OCH3 is 1. The van der Waals surface area contributed by atoms with E-state index in [0.29, 0.717) is 32.2 Å². The molecule has 0 aliphatic carbocycles. The summed E-state index contributed by atoms with van der Waals surface area (Å²) in [6.45, 7) is 9.86. The molecule has 2 unspecified atom stereocenters. The third kappa shape index (κ3) is 8.49. The average molecular weight is 546 g/mol. The third-order valence-corrected chi connectivity index (χ3v) is 5.84. The fourth-order valence-electron chi connectivity index (χ4n) is 4.24. The van der Waals surface area contributed by atoms with Crippen molar-refractivity contribution in [2.24, 2.45) is 10.9 Å². The van der Waals surface area contributed by atoms with Crippen LogP contribution in [0.3, 0.4) is 0 Å². The van der Waals surface area contributed by atoms with Gasteiger partial charge in [-0.25, -0.2) is 0 Å². The van der Waals surface area contributed by atoms with Crippen molar-refractivity contribution in [2.45, 2.75) is 32.4 Å². The summed E-state index contributed by atoms with van der Waals surface area (Å²) < 4.78 is 10.7. The zero-order chi connectivity index (χ0) is 21.2. The van der Waals surface area contributed by atoms with Crippen molar-refractivity contribution in [3.8, 4) is 0 Å². The molecule has 1 aromatic rings. The van der Waals surface area contributed by atoms with Crippen LogP contribution < -0.4 is 5.32 Å². The Morgan fingerprint density at radius 3 is 2.84 bits per heavy atom. The van der Waals surface area contributed by atoms with Crippen LogP contribution in [0.15, 0.2) is 29.3 Å². The van der Waals surface area contributed by atoms with Gasteiger partial charge in [0, 0.05) is 52.3 Å². The monoisotopic (exact) mass is 546 g/mol. The lowest BCUT2D eigenvalue weighted by Crippen LogP contribution is -2.42. The van der Waals surface area contributed by atoms with Crippen LogP contribution in [0.2, 0.25) is 0 Å². The predicted molar refractivity (Wildman–Crippen MR) is 135 cm³/mol. The zero-order valence-corrected chi connectivity index (χ0v) is 21.3. The number of aliphatic hydroxyl groups is 1. The van der Waals surface area contributed by atoms with Gasteiger partial charge < -0.3 is 24.8 Å². The number of hydrogen-bond donors (Lipinski definition) is 2. The molecule has 0 saturated carbocycles. The van der Waals surface area contributed by atoms with E-state index in [-0.39, 0.29) is 24.0 Å². The molecule has 0 radical (unpaired) electrons. The van der Waals surface area contributed by atoms with E-state index >= 15 is 0 Å². The van der Waals surface area contributed by atoms with Crippen LogP contribution in [0.1, 0.15) is 24.5 Å². The van der Waals surface area contributed by atoms with Crippen LogP contribution in [-0.4, -0.2) is 93.2 Å². The van der Waals surface area contributed by atoms with Crippen molar-refractivity contribution in [2.75, 3.05) is 66.2 Å². The van der Waals surface area contributed by atoms with Gasteiger partial charge >= 0.3 is 0 Å². The molecule has 8 heteroatoms. The van der Waals surface area contributed by atoms with Gasteiger partial charge in [0.25, 0.3) is 0 Å². The van der Waals surface area contributed by atoms with Crippen LogP contribution in [0.25, 0.3) is 0 Å². The lowest BCUT2D eigenvalue weighted by Gasteiger charge is -2.30. The second-order valence-electron chi connectivity index (χ2n) is 8.27. The van der Waals surface area contributed by atoms with Crippen LogP contribution in [-0.2, 0) is 22.4 Å². The van der Waals surface area contributed by atoms with Crippen molar-refractivity contribution < 1.29 is 14.6 Å². The average Bonchev–Trinajstić information content (AvgIpc) is 3.23. The number of nitrogens with one attached hydrogen (secondary N) is 1. The molecule has 1 fully saturated rings. The predicted octanol–water partition coefficient (Wildman–Crippen LogP) is 1.97. The van der Waals surface area contributed by atoms with E-state index in [9.17, 15) is 5.11 Å². The first-order chi connectivity index (χ1) is 14.7. The second-order valence-corrected chi connectivity index (χ2v) is 8.27. The van der Waals surface area contributed by atoms with Crippen LogP contribution in [0.5, 0.6) is 0 Å². The van der Waals surface area contributed by atoms with E-state index in [4.69, 9.17) is 14.5 Å². The topological polar surface area (TPSA) is 69.6 Å². The smallest absolute Gasteiger partial charge is 0.194 e. The number of β-amino-alcohol motifs (C(OH)–C–C–N with tert-alkyl or cyclic N) is 1. The van der Waals surface area contributed by atoms with Gasteiger partial charge in [-0.3, -0.25) is 9.89 Å². The van der Waals surface area contributed by atoms with Crippen molar-refractivity contribution in [3.05, 3.63) is 35.4 Å². The number of halogens is 1. The van der Waals surface area contributed by atoms with Crippen molar-refractivity contribution in [1.29, 1.82) is 0 Å². The fraction of sp³-hybridized carbons (Fsp3) is 0.696. The van der Waals surface area contributed by atoms with Crippen molar-refractivity contribution >= 4 is 29.9 Å². The Labute approximate surface area is 204 Å². The van der Waals surface area contributed by atoms with Gasteiger partial charge in [-0.15, -0.1) is 24.0 Å². The molecule has 7 nitrogen and oxygen atoms in total. The van der Waals surface area contributed by atoms with Gasteiger partial charge in [0.15, 0.2) is 5.96 Å². The van der Waals surface area contributed by atoms with Gasteiger partial charge in [-0.2, -0.15) is 0 Å². The summed E-state index contributed by atoms with van der Waals surface area (Å²) in [5.41, 5.74) is 2.81. The number of benzene rings is 1. The highest BCUT2D eigenvalue weighted by Gasteiger charge is 2.25. The molecule has 0 amide bonds. The normalized spacial score (nSPS) is 20.3. The van der Waals surface area contributed by atoms with E-state index in [1.807, 2.05) is 0 Å². The first-order valence-corrected chi connectivity index (χ1v) is 11.3. The zero-order valence-electron chi connectivity index (χ0n) is 19.0. The molecule has 2 N–H and O–H groups in total. The quantitative estimate of drug-likeness (QED) is 0.203. The van der Waals surface area contributed by atoms with Gasteiger partial charge in [0.2, 0.25) is 0 Å². The standard InChI is InChI=1S/C23H38N4O3.HI/c1-3-24-23(27-11-8-19(15-27)18-30-13-12-29-2)25-14-22(28)17-26-10-9-20-6-4-5-7-21(20)16-26;/h4-7,19,22,28H,3,8-18H2,1-2H3,(H,24,25);1H. The summed E-state index contributed by atoms with van der Waals surface area (Å²) in [6.07, 6.45) is 1.70. The minimum absolute atomic E-state index is 0. The van der Waals surface area contributed by atoms with Crippen LogP contribution in [0, 0.1) is 5.92 Å². The molecule has 0 spiro atoms. The summed E-state index contributed by atoms with van der Waals surface area (Å²) >= 11 is 0. The fourth-order valence-corrected chi connectivity index (χ4v) is 4.24. The number of likely N-dealkylation sites (tertiary alicyclic amines) is 1. The molecule has 1 saturated heterocycles. The van der Waals surface area contributed by atoms with Crippen LogP contribution >= 0.6 is 24.0 Å². The maximum atomic E-state index is 10.6. The summed E-state index contributed by atoms with van der Waals surface area (Å²) in [6, 6.07) is 8.60. The van der Waals surface area contributed by atoms with E-state index in [2.05, 4.69) is 46.3 Å². The molecule has 1 aromatic carbocycles. The Balaban J connectivity index is 0.00000341. The van der Waals surface area contributed by atoms with E-state index < -0.39 is 6.10 Å². The summed E-state index contributed by atoms with van der Waals surface area (Å²) in [4.78, 5) is 9.36. The van der Waals surface area contributed by atoms with Gasteiger partial charge in [0.1, 0.15) is 0 Å². The lowest BCUT2D eigenvalue weighted by atomic mass is 10.00. The van der Waals surface area contributed by atoms with E-state index in [1.165, 1.54) is 11.1 Å². The highest BCUT2D eigenvalue weighted by molar-refractivity contribution is 14.0. The van der Waals surface area contributed by atoms with Crippen molar-refractivity contribution in [3.63, 3.8) is 0 Å². The second kappa shape index (κ2) is 14.3. The number of aliphatic hydroxyl groups excluding tert-OH is 1. The third-order valence-electron chi connectivity index (χ3n) is 5.84. The SMILES string of the molecule is CCNC(=NCC(O)CN1CCc2ccccc2C1)N1CCC(COCCOC)C1.I. The number of guanidine groups is 1. The molecule has 2 heterocycles. The Hall–Kier alpha value is -0.940. The Morgan fingerprint density at radius 2 is 2.06 bits per heavy atom. The number of ether oxygens (including phenoxy) is 2. The molecule has 31 heavy (non-hydrogen) atoms. The Kier molecular flexibility index (Phi) is 12.1. The molecule has 0 aromatic heterocycles. The molecule has 3 rings (SSSR count). The first kappa shape index (κ1) is 26.3. The highest BCUT2D eigenvalue weighted by atomic mass is 127. The number of fused-ring (bicyclic) bond motifs is 1. The molecule has 2 aliphatic heterocycles. The van der Waals surface area contributed by atoms with Crippen molar-refractivity contribution in [1.82, 2.24) is 15.1 Å². The molecule has 2 atom stereocenters. The molecular weight excluding hydrogens is 507 g/mol. The molecular formula is C23H39IN4O3. The number of nitrogens with zero attached hydrogens (tertiary/aromatic N) is 3. The minimum Gasteiger partial charge on any atom is -0.390 e.